The first-order valence-electron chi connectivity index (χ1n) is 12.7. The van der Waals surface area contributed by atoms with Crippen molar-refractivity contribution in [2.24, 2.45) is 5.92 Å². The molecule has 32 heavy (non-hydrogen) atoms. The third-order valence-corrected chi connectivity index (χ3v) is 8.63. The van der Waals surface area contributed by atoms with Gasteiger partial charge in [0.25, 0.3) is 5.91 Å². The van der Waals surface area contributed by atoms with Gasteiger partial charge in [0.2, 0.25) is 0 Å². The van der Waals surface area contributed by atoms with Gasteiger partial charge in [0.15, 0.2) is 5.13 Å². The zero-order valence-corrected chi connectivity index (χ0v) is 20.9. The average molecular weight is 457 g/mol. The summed E-state index contributed by atoms with van der Waals surface area (Å²) in [7, 11) is 0. The second-order valence-corrected chi connectivity index (χ2v) is 10.9. The summed E-state index contributed by atoms with van der Waals surface area (Å²) in [6, 6.07) is 7.20. The van der Waals surface area contributed by atoms with Gasteiger partial charge >= 0.3 is 0 Å². The van der Waals surface area contributed by atoms with Crippen LogP contribution in [-0.4, -0.2) is 54.1 Å². The minimum absolute atomic E-state index is 0.0291. The van der Waals surface area contributed by atoms with Gasteiger partial charge in [0, 0.05) is 43.8 Å². The number of piperidine rings is 1. The van der Waals surface area contributed by atoms with Gasteiger partial charge in [-0.3, -0.25) is 9.69 Å². The number of hydrogen-bond acceptors (Lipinski definition) is 5. The van der Waals surface area contributed by atoms with Crippen LogP contribution in [0.1, 0.15) is 82.5 Å². The molecule has 1 aromatic carbocycles. The SMILES string of the molecule is CC[C@H](C)N(CCNC(=O)c1ccc2nc(N3CCC(C)CC3)sc2c1)C1CCCCC1. The third kappa shape index (κ3) is 5.63. The van der Waals surface area contributed by atoms with Gasteiger partial charge in [0.1, 0.15) is 0 Å². The lowest BCUT2D eigenvalue weighted by Crippen LogP contribution is -2.46. The highest BCUT2D eigenvalue weighted by molar-refractivity contribution is 7.22. The van der Waals surface area contributed by atoms with E-state index in [0.717, 1.165) is 52.9 Å². The molecule has 1 amide bonds. The first-order chi connectivity index (χ1) is 15.5. The molecule has 2 aromatic rings. The van der Waals surface area contributed by atoms with Crippen LogP contribution in [0.4, 0.5) is 5.13 Å². The number of anilines is 1. The van der Waals surface area contributed by atoms with E-state index in [0.29, 0.717) is 18.6 Å². The number of amides is 1. The molecular weight excluding hydrogens is 416 g/mol. The molecule has 6 heteroatoms. The Labute approximate surface area is 197 Å². The number of carbonyl (C=O) groups excluding carboxylic acids is 1. The molecule has 1 aromatic heterocycles. The summed E-state index contributed by atoms with van der Waals surface area (Å²) in [5, 5.41) is 4.28. The fraction of sp³-hybridized carbons (Fsp3) is 0.692. The van der Waals surface area contributed by atoms with Gasteiger partial charge in [0.05, 0.1) is 10.2 Å². The Morgan fingerprint density at radius 2 is 1.97 bits per heavy atom. The zero-order chi connectivity index (χ0) is 22.5. The first kappa shape index (κ1) is 23.5. The summed E-state index contributed by atoms with van der Waals surface area (Å²) in [6.07, 6.45) is 10.3. The number of nitrogens with zero attached hydrogens (tertiary/aromatic N) is 3. The molecule has 1 saturated carbocycles. The fourth-order valence-corrected chi connectivity index (χ4v) is 6.26. The molecular formula is C26H40N4OS. The van der Waals surface area contributed by atoms with Crippen molar-refractivity contribution in [2.75, 3.05) is 31.1 Å². The molecule has 1 saturated heterocycles. The molecule has 1 atom stereocenters. The van der Waals surface area contributed by atoms with Gasteiger partial charge in [-0.2, -0.15) is 0 Å². The normalized spacial score (nSPS) is 19.6. The molecule has 0 bridgehead atoms. The van der Waals surface area contributed by atoms with Crippen molar-refractivity contribution in [3.05, 3.63) is 23.8 Å². The number of carbonyl (C=O) groups is 1. The molecule has 1 aliphatic carbocycles. The van der Waals surface area contributed by atoms with Crippen LogP contribution in [-0.2, 0) is 0 Å². The van der Waals surface area contributed by atoms with Gasteiger partial charge in [-0.1, -0.05) is 44.4 Å². The standard InChI is InChI=1S/C26H40N4OS/c1-4-20(3)30(22-8-6-5-7-9-22)17-14-27-25(31)21-10-11-23-24(18-21)32-26(28-23)29-15-12-19(2)13-16-29/h10-11,18-20,22H,4-9,12-17H2,1-3H3,(H,27,31)/t20-/m0/s1. The Kier molecular flexibility index (Phi) is 8.06. The molecule has 0 radical (unpaired) electrons. The Morgan fingerprint density at radius 1 is 1.22 bits per heavy atom. The predicted octanol–water partition coefficient (Wildman–Crippen LogP) is 5.70. The molecule has 5 nitrogen and oxygen atoms in total. The van der Waals surface area contributed by atoms with Gasteiger partial charge in [-0.25, -0.2) is 4.98 Å². The highest BCUT2D eigenvalue weighted by Crippen LogP contribution is 2.32. The number of nitrogens with one attached hydrogen (secondary N) is 1. The van der Waals surface area contributed by atoms with Crippen LogP contribution in [0.15, 0.2) is 18.2 Å². The molecule has 4 rings (SSSR count). The van der Waals surface area contributed by atoms with Gasteiger partial charge in [-0.15, -0.1) is 0 Å². The summed E-state index contributed by atoms with van der Waals surface area (Å²) < 4.78 is 1.11. The summed E-state index contributed by atoms with van der Waals surface area (Å²) in [5.74, 6) is 0.840. The van der Waals surface area contributed by atoms with E-state index in [1.165, 1.54) is 44.9 Å². The second-order valence-electron chi connectivity index (χ2n) is 9.89. The van der Waals surface area contributed by atoms with E-state index in [2.05, 4.69) is 35.9 Å². The Balaban J connectivity index is 1.35. The van der Waals surface area contributed by atoms with Crippen molar-refractivity contribution in [1.29, 1.82) is 0 Å². The van der Waals surface area contributed by atoms with Crippen LogP contribution < -0.4 is 10.2 Å². The molecule has 2 heterocycles. The quantitative estimate of drug-likeness (QED) is 0.554. The zero-order valence-electron chi connectivity index (χ0n) is 20.1. The van der Waals surface area contributed by atoms with Crippen molar-refractivity contribution >= 4 is 32.6 Å². The van der Waals surface area contributed by atoms with Crippen LogP contribution in [0.2, 0.25) is 0 Å². The van der Waals surface area contributed by atoms with E-state index in [-0.39, 0.29) is 5.91 Å². The molecule has 0 spiro atoms. The maximum absolute atomic E-state index is 12.9. The van der Waals surface area contributed by atoms with E-state index in [9.17, 15) is 4.79 Å². The highest BCUT2D eigenvalue weighted by Gasteiger charge is 2.24. The smallest absolute Gasteiger partial charge is 0.251 e. The summed E-state index contributed by atoms with van der Waals surface area (Å²) in [6.45, 7) is 10.7. The molecule has 2 aliphatic rings. The van der Waals surface area contributed by atoms with Crippen LogP contribution in [0, 0.1) is 5.92 Å². The molecule has 1 N–H and O–H groups in total. The molecule has 1 aliphatic heterocycles. The lowest BCUT2D eigenvalue weighted by atomic mass is 9.93. The number of fused-ring (bicyclic) bond motifs is 1. The number of aromatic nitrogens is 1. The van der Waals surface area contributed by atoms with Gasteiger partial charge < -0.3 is 10.2 Å². The predicted molar refractivity (Wildman–Crippen MR) is 136 cm³/mol. The Bertz CT molecular complexity index is 883. The lowest BCUT2D eigenvalue weighted by Gasteiger charge is -2.38. The van der Waals surface area contributed by atoms with Crippen molar-refractivity contribution in [3.8, 4) is 0 Å². The highest BCUT2D eigenvalue weighted by atomic mass is 32.1. The topological polar surface area (TPSA) is 48.5 Å². The molecule has 2 fully saturated rings. The number of hydrogen-bond donors (Lipinski definition) is 1. The number of benzene rings is 1. The maximum Gasteiger partial charge on any atom is 0.251 e. The van der Waals surface area contributed by atoms with Crippen LogP contribution in [0.3, 0.4) is 0 Å². The molecule has 176 valence electrons. The van der Waals surface area contributed by atoms with E-state index < -0.39 is 0 Å². The number of rotatable bonds is 8. The van der Waals surface area contributed by atoms with Crippen molar-refractivity contribution in [2.45, 2.75) is 84.2 Å². The van der Waals surface area contributed by atoms with E-state index >= 15 is 0 Å². The van der Waals surface area contributed by atoms with Crippen LogP contribution >= 0.6 is 11.3 Å². The monoisotopic (exact) mass is 456 g/mol. The van der Waals surface area contributed by atoms with Crippen molar-refractivity contribution < 1.29 is 4.79 Å². The first-order valence-corrected chi connectivity index (χ1v) is 13.6. The minimum Gasteiger partial charge on any atom is -0.351 e. The van der Waals surface area contributed by atoms with E-state index in [4.69, 9.17) is 4.98 Å². The van der Waals surface area contributed by atoms with E-state index in [1.54, 1.807) is 11.3 Å². The van der Waals surface area contributed by atoms with Crippen LogP contribution in [0.5, 0.6) is 0 Å². The van der Waals surface area contributed by atoms with Crippen LogP contribution in [0.25, 0.3) is 10.2 Å². The Hall–Kier alpha value is -1.66. The minimum atomic E-state index is 0.0291. The molecule has 0 unspecified atom stereocenters. The summed E-state index contributed by atoms with van der Waals surface area (Å²) in [5.41, 5.74) is 1.74. The van der Waals surface area contributed by atoms with Gasteiger partial charge in [-0.05, 0) is 63.1 Å². The van der Waals surface area contributed by atoms with Crippen molar-refractivity contribution in [3.63, 3.8) is 0 Å². The average Bonchev–Trinajstić information content (AvgIpc) is 3.25. The third-order valence-electron chi connectivity index (χ3n) is 7.55. The summed E-state index contributed by atoms with van der Waals surface area (Å²) in [4.78, 5) is 22.7. The fourth-order valence-electron chi connectivity index (χ4n) is 5.20. The lowest BCUT2D eigenvalue weighted by molar-refractivity contribution is 0.0903. The van der Waals surface area contributed by atoms with Crippen molar-refractivity contribution in [1.82, 2.24) is 15.2 Å². The van der Waals surface area contributed by atoms with E-state index in [1.807, 2.05) is 18.2 Å². The second kappa shape index (κ2) is 11.0. The summed E-state index contributed by atoms with van der Waals surface area (Å²) >= 11 is 1.72. The Morgan fingerprint density at radius 3 is 2.69 bits per heavy atom. The maximum atomic E-state index is 12.9. The largest absolute Gasteiger partial charge is 0.351 e. The number of thiazole rings is 1.